The van der Waals surface area contributed by atoms with Gasteiger partial charge in [0.05, 0.1) is 4.90 Å². The standard InChI is InChI=1S/C6H4Cl2O2S2/c7-11-5-3-1-2-4-6(5)12(8,9)10/h1-4H. The Morgan fingerprint density at radius 2 is 1.83 bits per heavy atom. The Morgan fingerprint density at radius 3 is 2.25 bits per heavy atom. The van der Waals surface area contributed by atoms with Crippen LogP contribution in [0.2, 0.25) is 0 Å². The molecule has 2 nitrogen and oxygen atoms in total. The van der Waals surface area contributed by atoms with Gasteiger partial charge < -0.3 is 0 Å². The summed E-state index contributed by atoms with van der Waals surface area (Å²) < 4.78 is 21.8. The van der Waals surface area contributed by atoms with Crippen LogP contribution >= 0.6 is 32.3 Å². The number of rotatable bonds is 2. The first-order chi connectivity index (χ1) is 5.55. The Kier molecular flexibility index (Phi) is 3.29. The van der Waals surface area contributed by atoms with Gasteiger partial charge in [0.1, 0.15) is 0 Å². The molecule has 0 N–H and O–H groups in total. The quantitative estimate of drug-likeness (QED) is 0.749. The zero-order valence-corrected chi connectivity index (χ0v) is 8.84. The minimum atomic E-state index is -3.68. The molecule has 0 spiro atoms. The summed E-state index contributed by atoms with van der Waals surface area (Å²) in [6.45, 7) is 0. The van der Waals surface area contributed by atoms with E-state index in [1.807, 2.05) is 0 Å². The van der Waals surface area contributed by atoms with Crippen molar-refractivity contribution in [1.82, 2.24) is 0 Å². The smallest absolute Gasteiger partial charge is 0.207 e. The Hall–Kier alpha value is 0.1000. The minimum Gasteiger partial charge on any atom is -0.207 e. The van der Waals surface area contributed by atoms with Gasteiger partial charge in [0.15, 0.2) is 0 Å². The van der Waals surface area contributed by atoms with Gasteiger partial charge in [0, 0.05) is 15.6 Å². The van der Waals surface area contributed by atoms with Crippen LogP contribution in [0.15, 0.2) is 34.1 Å². The fourth-order valence-electron chi connectivity index (χ4n) is 0.715. The molecule has 0 aliphatic rings. The van der Waals surface area contributed by atoms with Gasteiger partial charge in [-0.3, -0.25) is 0 Å². The lowest BCUT2D eigenvalue weighted by atomic mass is 10.4. The van der Waals surface area contributed by atoms with Crippen LogP contribution in [-0.2, 0) is 9.05 Å². The highest BCUT2D eigenvalue weighted by atomic mass is 35.7. The first-order valence-electron chi connectivity index (χ1n) is 2.88. The first kappa shape index (κ1) is 10.2. The van der Waals surface area contributed by atoms with Gasteiger partial charge in [-0.25, -0.2) is 8.42 Å². The molecule has 0 bridgehead atoms. The van der Waals surface area contributed by atoms with Crippen molar-refractivity contribution in [3.63, 3.8) is 0 Å². The summed E-state index contributed by atoms with van der Waals surface area (Å²) in [5.41, 5.74) is 0. The third kappa shape index (κ3) is 2.29. The van der Waals surface area contributed by atoms with E-state index in [4.69, 9.17) is 21.4 Å². The van der Waals surface area contributed by atoms with Gasteiger partial charge in [-0.05, 0) is 33.8 Å². The van der Waals surface area contributed by atoms with Crippen molar-refractivity contribution in [3.8, 4) is 0 Å². The highest BCUT2D eigenvalue weighted by Gasteiger charge is 2.14. The molecule has 0 amide bonds. The summed E-state index contributed by atoms with van der Waals surface area (Å²) in [7, 11) is 7.73. The van der Waals surface area contributed by atoms with Crippen LogP contribution < -0.4 is 0 Å². The SMILES string of the molecule is O=S(=O)(Cl)c1ccccc1SCl. The molecule has 6 heteroatoms. The van der Waals surface area contributed by atoms with Crippen molar-refractivity contribution in [2.45, 2.75) is 9.79 Å². The van der Waals surface area contributed by atoms with Crippen LogP contribution in [0.5, 0.6) is 0 Å². The van der Waals surface area contributed by atoms with E-state index < -0.39 is 9.05 Å². The minimum absolute atomic E-state index is 0.0478. The van der Waals surface area contributed by atoms with E-state index in [9.17, 15) is 8.42 Å². The molecular formula is C6H4Cl2O2S2. The molecule has 66 valence electrons. The molecular weight excluding hydrogens is 239 g/mol. The molecule has 1 rings (SSSR count). The van der Waals surface area contributed by atoms with Gasteiger partial charge in [-0.15, -0.1) is 0 Å². The predicted octanol–water partition coefficient (Wildman–Crippen LogP) is 2.86. The molecule has 0 atom stereocenters. The molecule has 1 aromatic rings. The van der Waals surface area contributed by atoms with Gasteiger partial charge in [0.25, 0.3) is 9.05 Å². The van der Waals surface area contributed by atoms with E-state index in [0.29, 0.717) is 4.90 Å². The number of hydrogen-bond acceptors (Lipinski definition) is 3. The lowest BCUT2D eigenvalue weighted by molar-refractivity contribution is 0.608. The monoisotopic (exact) mass is 242 g/mol. The van der Waals surface area contributed by atoms with Crippen LogP contribution in [0.4, 0.5) is 0 Å². The average molecular weight is 243 g/mol. The van der Waals surface area contributed by atoms with E-state index in [-0.39, 0.29) is 4.90 Å². The summed E-state index contributed by atoms with van der Waals surface area (Å²) in [4.78, 5) is 0.487. The maximum absolute atomic E-state index is 10.9. The molecule has 0 saturated heterocycles. The summed E-state index contributed by atoms with van der Waals surface area (Å²) >= 11 is 0. The van der Waals surface area contributed by atoms with E-state index in [1.54, 1.807) is 18.2 Å². The molecule has 1 aromatic carbocycles. The zero-order chi connectivity index (χ0) is 9.19. The van der Waals surface area contributed by atoms with Crippen LogP contribution in [0.3, 0.4) is 0 Å². The van der Waals surface area contributed by atoms with Crippen LogP contribution in [0.1, 0.15) is 0 Å². The first-order valence-corrected chi connectivity index (χ1v) is 6.83. The van der Waals surface area contributed by atoms with Crippen molar-refractivity contribution in [1.29, 1.82) is 0 Å². The second-order valence-electron chi connectivity index (χ2n) is 1.96. The lowest BCUT2D eigenvalue weighted by Gasteiger charge is -1.99. The Labute approximate surface area is 83.8 Å². The van der Waals surface area contributed by atoms with E-state index in [1.165, 1.54) is 6.07 Å². The van der Waals surface area contributed by atoms with E-state index in [0.717, 1.165) is 11.0 Å². The van der Waals surface area contributed by atoms with Gasteiger partial charge >= 0.3 is 0 Å². The molecule has 0 aromatic heterocycles. The van der Waals surface area contributed by atoms with Crippen LogP contribution in [0.25, 0.3) is 0 Å². The largest absolute Gasteiger partial charge is 0.262 e. The molecule has 0 fully saturated rings. The van der Waals surface area contributed by atoms with E-state index in [2.05, 4.69) is 0 Å². The fourth-order valence-corrected chi connectivity index (χ4v) is 3.07. The highest BCUT2D eigenvalue weighted by molar-refractivity contribution is 8.21. The fraction of sp³-hybridized carbons (Fsp3) is 0. The number of hydrogen-bond donors (Lipinski definition) is 0. The summed E-state index contributed by atoms with van der Waals surface area (Å²) in [5.74, 6) is 0. The third-order valence-electron chi connectivity index (χ3n) is 1.19. The third-order valence-corrected chi connectivity index (χ3v) is 3.73. The Bertz CT molecular complexity index is 375. The molecule has 0 heterocycles. The Balaban J connectivity index is 3.33. The topological polar surface area (TPSA) is 34.1 Å². The van der Waals surface area contributed by atoms with Crippen molar-refractivity contribution < 1.29 is 8.42 Å². The van der Waals surface area contributed by atoms with Crippen molar-refractivity contribution in [3.05, 3.63) is 24.3 Å². The Morgan fingerprint density at radius 1 is 1.25 bits per heavy atom. The van der Waals surface area contributed by atoms with Gasteiger partial charge in [-0.1, -0.05) is 12.1 Å². The molecule has 0 aliphatic carbocycles. The van der Waals surface area contributed by atoms with Crippen LogP contribution in [0, 0.1) is 0 Å². The number of benzene rings is 1. The van der Waals surface area contributed by atoms with Crippen molar-refractivity contribution in [2.75, 3.05) is 0 Å². The maximum Gasteiger partial charge on any atom is 0.262 e. The van der Waals surface area contributed by atoms with Gasteiger partial charge in [0.2, 0.25) is 0 Å². The maximum atomic E-state index is 10.9. The molecule has 0 unspecified atom stereocenters. The second-order valence-corrected chi connectivity index (χ2v) is 5.55. The molecule has 0 aliphatic heterocycles. The lowest BCUT2D eigenvalue weighted by Crippen LogP contribution is -1.91. The van der Waals surface area contributed by atoms with Crippen LogP contribution in [-0.4, -0.2) is 8.42 Å². The van der Waals surface area contributed by atoms with E-state index >= 15 is 0 Å². The molecule has 12 heavy (non-hydrogen) atoms. The number of halogens is 2. The molecule has 0 saturated carbocycles. The van der Waals surface area contributed by atoms with Crippen molar-refractivity contribution >= 4 is 41.4 Å². The summed E-state index contributed by atoms with van der Waals surface area (Å²) in [6.07, 6.45) is 0. The highest BCUT2D eigenvalue weighted by Crippen LogP contribution is 2.30. The molecule has 0 radical (unpaired) electrons. The van der Waals surface area contributed by atoms with Crippen molar-refractivity contribution in [2.24, 2.45) is 0 Å². The average Bonchev–Trinajstić information content (AvgIpc) is 2.03. The van der Waals surface area contributed by atoms with Gasteiger partial charge in [-0.2, -0.15) is 0 Å². The summed E-state index contributed by atoms with van der Waals surface area (Å²) in [6, 6.07) is 6.28. The normalized spacial score (nSPS) is 11.5. The second kappa shape index (κ2) is 3.87. The predicted molar refractivity (Wildman–Crippen MR) is 51.2 cm³/mol. The summed E-state index contributed by atoms with van der Waals surface area (Å²) in [5, 5.41) is 0. The zero-order valence-electron chi connectivity index (χ0n) is 5.70.